The molecule has 3 rings (SSSR count). The molecule has 1 aromatic carbocycles. The van der Waals surface area contributed by atoms with E-state index in [1.165, 1.54) is 18.3 Å². The minimum Gasteiger partial charge on any atom is -0.488 e. The minimum absolute atomic E-state index is 0.235. The van der Waals surface area contributed by atoms with Gasteiger partial charge >= 0.3 is 0 Å². The summed E-state index contributed by atoms with van der Waals surface area (Å²) in [6.07, 6.45) is 3.46. The molecule has 6 heteroatoms. The molecule has 2 heterocycles. The summed E-state index contributed by atoms with van der Waals surface area (Å²) in [6.45, 7) is 0.894. The highest BCUT2D eigenvalue weighted by Crippen LogP contribution is 2.19. The molecular formula is C17H17FN2O3. The summed E-state index contributed by atoms with van der Waals surface area (Å²) in [7, 11) is 0. The van der Waals surface area contributed by atoms with E-state index in [-0.39, 0.29) is 23.9 Å². The molecule has 1 aromatic heterocycles. The number of halogens is 1. The fourth-order valence-electron chi connectivity index (χ4n) is 2.46. The molecule has 1 aliphatic heterocycles. The van der Waals surface area contributed by atoms with E-state index < -0.39 is 0 Å². The van der Waals surface area contributed by atoms with E-state index in [9.17, 15) is 9.18 Å². The molecule has 23 heavy (non-hydrogen) atoms. The third-order valence-corrected chi connectivity index (χ3v) is 3.62. The van der Waals surface area contributed by atoms with Gasteiger partial charge in [0, 0.05) is 24.9 Å². The zero-order valence-electron chi connectivity index (χ0n) is 12.4. The molecule has 1 fully saturated rings. The van der Waals surface area contributed by atoms with E-state index in [0.29, 0.717) is 30.9 Å². The number of amides is 1. The monoisotopic (exact) mass is 316 g/mol. The van der Waals surface area contributed by atoms with Crippen LogP contribution >= 0.6 is 0 Å². The normalized spacial score (nSPS) is 20.7. The number of nitrogens with one attached hydrogen (secondary N) is 1. The van der Waals surface area contributed by atoms with E-state index in [0.717, 1.165) is 0 Å². The molecule has 0 spiro atoms. The number of hydrogen-bond acceptors (Lipinski definition) is 4. The molecular weight excluding hydrogens is 299 g/mol. The molecule has 2 aromatic rings. The van der Waals surface area contributed by atoms with Crippen LogP contribution in [0.3, 0.4) is 0 Å². The molecule has 1 aliphatic rings. The Labute approximate surface area is 133 Å². The van der Waals surface area contributed by atoms with Crippen LogP contribution in [0.5, 0.6) is 5.75 Å². The molecule has 1 amide bonds. The van der Waals surface area contributed by atoms with Gasteiger partial charge in [-0.15, -0.1) is 0 Å². The molecule has 5 nitrogen and oxygen atoms in total. The maximum absolute atomic E-state index is 13.3. The Morgan fingerprint density at radius 2 is 2.26 bits per heavy atom. The Morgan fingerprint density at radius 1 is 1.35 bits per heavy atom. The van der Waals surface area contributed by atoms with Gasteiger partial charge < -0.3 is 14.8 Å². The summed E-state index contributed by atoms with van der Waals surface area (Å²) in [5.74, 6) is -0.149. The van der Waals surface area contributed by atoms with Crippen molar-refractivity contribution in [2.75, 3.05) is 13.2 Å². The van der Waals surface area contributed by atoms with Crippen molar-refractivity contribution in [3.05, 3.63) is 60.2 Å². The number of rotatable bonds is 4. The van der Waals surface area contributed by atoms with Crippen molar-refractivity contribution in [2.24, 2.45) is 0 Å². The summed E-state index contributed by atoms with van der Waals surface area (Å²) in [5.41, 5.74) is 0.475. The Kier molecular flexibility index (Phi) is 4.83. The first-order valence-corrected chi connectivity index (χ1v) is 7.43. The lowest BCUT2D eigenvalue weighted by atomic mass is 10.1. The van der Waals surface area contributed by atoms with Gasteiger partial charge in [-0.05, 0) is 24.3 Å². The van der Waals surface area contributed by atoms with E-state index in [1.54, 1.807) is 30.5 Å². The third kappa shape index (κ3) is 4.04. The van der Waals surface area contributed by atoms with Gasteiger partial charge in [0.15, 0.2) is 0 Å². The largest absolute Gasteiger partial charge is 0.488 e. The average Bonchev–Trinajstić information content (AvgIpc) is 2.57. The van der Waals surface area contributed by atoms with Crippen LogP contribution in [-0.4, -0.2) is 36.3 Å². The smallest absolute Gasteiger partial charge is 0.253 e. The van der Waals surface area contributed by atoms with E-state index in [2.05, 4.69) is 10.3 Å². The second-order valence-electron chi connectivity index (χ2n) is 5.30. The Morgan fingerprint density at radius 3 is 3.04 bits per heavy atom. The number of hydrogen-bond donors (Lipinski definition) is 1. The molecule has 0 radical (unpaired) electrons. The van der Waals surface area contributed by atoms with Crippen LogP contribution in [0.4, 0.5) is 4.39 Å². The van der Waals surface area contributed by atoms with Gasteiger partial charge in [-0.1, -0.05) is 6.07 Å². The number of nitrogens with zero attached hydrogens (tertiary/aromatic N) is 1. The second-order valence-corrected chi connectivity index (χ2v) is 5.30. The maximum Gasteiger partial charge on any atom is 0.253 e. The van der Waals surface area contributed by atoms with Crippen LogP contribution < -0.4 is 10.1 Å². The van der Waals surface area contributed by atoms with Crippen molar-refractivity contribution in [1.82, 2.24) is 10.3 Å². The number of aromatic nitrogens is 1. The van der Waals surface area contributed by atoms with Crippen molar-refractivity contribution in [3.63, 3.8) is 0 Å². The predicted molar refractivity (Wildman–Crippen MR) is 81.7 cm³/mol. The third-order valence-electron chi connectivity index (χ3n) is 3.62. The number of ether oxygens (including phenoxy) is 2. The molecule has 1 saturated heterocycles. The second kappa shape index (κ2) is 7.19. The highest BCUT2D eigenvalue weighted by molar-refractivity contribution is 5.94. The van der Waals surface area contributed by atoms with Crippen LogP contribution in [-0.2, 0) is 4.74 Å². The predicted octanol–water partition coefficient (Wildman–Crippen LogP) is 2.19. The van der Waals surface area contributed by atoms with Crippen molar-refractivity contribution >= 4 is 5.91 Å². The van der Waals surface area contributed by atoms with Gasteiger partial charge in [0.05, 0.1) is 24.8 Å². The Bertz CT molecular complexity index is 666. The SMILES string of the molecule is O=C(N[C@@H]1COCC[C@@H]1Oc1cccc(F)c1)c1cccnc1. The van der Waals surface area contributed by atoms with Crippen LogP contribution in [0.15, 0.2) is 48.8 Å². The summed E-state index contributed by atoms with van der Waals surface area (Å²) >= 11 is 0. The Hall–Kier alpha value is -2.47. The zero-order valence-corrected chi connectivity index (χ0v) is 12.4. The van der Waals surface area contributed by atoms with E-state index in [4.69, 9.17) is 9.47 Å². The summed E-state index contributed by atoms with van der Waals surface area (Å²) < 4.78 is 24.5. The highest BCUT2D eigenvalue weighted by atomic mass is 19.1. The molecule has 2 atom stereocenters. The molecule has 0 aliphatic carbocycles. The van der Waals surface area contributed by atoms with Crippen LogP contribution in [0.2, 0.25) is 0 Å². The first-order valence-electron chi connectivity index (χ1n) is 7.43. The average molecular weight is 316 g/mol. The number of carbonyl (C=O) groups excluding carboxylic acids is 1. The standard InChI is InChI=1S/C17H17FN2O3/c18-13-4-1-5-14(9-13)23-16-6-8-22-11-15(16)20-17(21)12-3-2-7-19-10-12/h1-5,7,9-10,15-16H,6,8,11H2,(H,20,21)/t15-,16+/m1/s1. The number of pyridine rings is 1. The summed E-state index contributed by atoms with van der Waals surface area (Å²) in [6, 6.07) is 9.06. The van der Waals surface area contributed by atoms with Gasteiger partial charge in [-0.25, -0.2) is 4.39 Å². The van der Waals surface area contributed by atoms with Crippen molar-refractivity contribution in [1.29, 1.82) is 0 Å². The first kappa shape index (κ1) is 15.4. The number of carbonyl (C=O) groups is 1. The fourth-order valence-corrected chi connectivity index (χ4v) is 2.46. The minimum atomic E-state index is -0.356. The maximum atomic E-state index is 13.3. The van der Waals surface area contributed by atoms with E-state index >= 15 is 0 Å². The molecule has 0 unspecified atom stereocenters. The first-order chi connectivity index (χ1) is 11.2. The van der Waals surface area contributed by atoms with Crippen LogP contribution in [0.25, 0.3) is 0 Å². The van der Waals surface area contributed by atoms with Gasteiger partial charge in [0.25, 0.3) is 5.91 Å². The summed E-state index contributed by atoms with van der Waals surface area (Å²) in [5, 5.41) is 2.90. The quantitative estimate of drug-likeness (QED) is 0.939. The van der Waals surface area contributed by atoms with Gasteiger partial charge in [-0.3, -0.25) is 9.78 Å². The van der Waals surface area contributed by atoms with Crippen molar-refractivity contribution < 1.29 is 18.7 Å². The molecule has 0 saturated carbocycles. The topological polar surface area (TPSA) is 60.5 Å². The van der Waals surface area contributed by atoms with Crippen LogP contribution in [0, 0.1) is 5.82 Å². The lowest BCUT2D eigenvalue weighted by molar-refractivity contribution is -0.00298. The lowest BCUT2D eigenvalue weighted by Crippen LogP contribution is -2.51. The van der Waals surface area contributed by atoms with Crippen molar-refractivity contribution in [3.8, 4) is 5.75 Å². The van der Waals surface area contributed by atoms with Gasteiger partial charge in [-0.2, -0.15) is 0 Å². The lowest BCUT2D eigenvalue weighted by Gasteiger charge is -2.32. The summed E-state index contributed by atoms with van der Waals surface area (Å²) in [4.78, 5) is 16.2. The van der Waals surface area contributed by atoms with Gasteiger partial charge in [0.2, 0.25) is 0 Å². The fraction of sp³-hybridized carbons (Fsp3) is 0.294. The Balaban J connectivity index is 1.68. The zero-order chi connectivity index (χ0) is 16.1. The molecule has 1 N–H and O–H groups in total. The van der Waals surface area contributed by atoms with Gasteiger partial charge in [0.1, 0.15) is 17.7 Å². The molecule has 0 bridgehead atoms. The van der Waals surface area contributed by atoms with Crippen LogP contribution in [0.1, 0.15) is 16.8 Å². The van der Waals surface area contributed by atoms with E-state index in [1.807, 2.05) is 0 Å². The number of benzene rings is 1. The molecule has 120 valence electrons. The highest BCUT2D eigenvalue weighted by Gasteiger charge is 2.29. The van der Waals surface area contributed by atoms with Crippen molar-refractivity contribution in [2.45, 2.75) is 18.6 Å².